The zero-order valence-corrected chi connectivity index (χ0v) is 6.07. The summed E-state index contributed by atoms with van der Waals surface area (Å²) < 4.78 is 4.72. The Bertz CT molecular complexity index is 110. The molecular weight excluding hydrogens is 136 g/mol. The zero-order chi connectivity index (χ0) is 8.15. The summed E-state index contributed by atoms with van der Waals surface area (Å²) in [6, 6.07) is 0. The minimum atomic E-state index is -1.01. The van der Waals surface area contributed by atoms with E-state index >= 15 is 0 Å². The molecule has 0 aliphatic heterocycles. The molecular formula is C6H12O4. The van der Waals surface area contributed by atoms with Gasteiger partial charge < -0.3 is 14.9 Å². The molecule has 0 aromatic carbocycles. The number of hydrogen-bond acceptors (Lipinski definition) is 3. The molecule has 2 unspecified atom stereocenters. The molecule has 0 radical (unpaired) electrons. The monoisotopic (exact) mass is 148 g/mol. The number of ether oxygens (including phenoxy) is 1. The van der Waals surface area contributed by atoms with Gasteiger partial charge in [-0.25, -0.2) is 4.79 Å². The summed E-state index contributed by atoms with van der Waals surface area (Å²) in [4.78, 5) is 10.1. The summed E-state index contributed by atoms with van der Waals surface area (Å²) in [5, 5.41) is 17.0. The highest BCUT2D eigenvalue weighted by Crippen LogP contribution is 1.91. The lowest BCUT2D eigenvalue weighted by Crippen LogP contribution is -2.24. The highest BCUT2D eigenvalue weighted by molar-refractivity contribution is 5.71. The molecule has 2 atom stereocenters. The third-order valence-corrected chi connectivity index (χ3v) is 0.935. The van der Waals surface area contributed by atoms with Gasteiger partial charge in [-0.2, -0.15) is 0 Å². The van der Waals surface area contributed by atoms with Crippen LogP contribution in [0.2, 0.25) is 0 Å². The molecule has 0 spiro atoms. The van der Waals surface area contributed by atoms with Crippen molar-refractivity contribution in [2.24, 2.45) is 0 Å². The van der Waals surface area contributed by atoms with Gasteiger partial charge in [0.15, 0.2) is 6.10 Å². The highest BCUT2D eigenvalue weighted by atomic mass is 16.5. The summed E-state index contributed by atoms with van der Waals surface area (Å²) in [7, 11) is 0. The Labute approximate surface area is 59.4 Å². The lowest BCUT2D eigenvalue weighted by Gasteiger charge is -2.08. The van der Waals surface area contributed by atoms with E-state index in [1.165, 1.54) is 13.8 Å². The Kier molecular flexibility index (Phi) is 3.99. The van der Waals surface area contributed by atoms with Gasteiger partial charge in [-0.15, -0.1) is 0 Å². The second-order valence-corrected chi connectivity index (χ2v) is 2.16. The maximum absolute atomic E-state index is 10.1. The van der Waals surface area contributed by atoms with Crippen molar-refractivity contribution in [1.29, 1.82) is 0 Å². The van der Waals surface area contributed by atoms with Gasteiger partial charge in [-0.05, 0) is 13.8 Å². The van der Waals surface area contributed by atoms with Gasteiger partial charge >= 0.3 is 5.97 Å². The number of carboxylic acids is 1. The smallest absolute Gasteiger partial charge is 0.332 e. The standard InChI is InChI=1S/C6H12O4/c1-4(7)3-10-5(2)6(8)9/h4-5,7H,3H2,1-2H3,(H,8,9). The van der Waals surface area contributed by atoms with Crippen molar-refractivity contribution in [3.63, 3.8) is 0 Å². The number of aliphatic hydroxyl groups excluding tert-OH is 1. The van der Waals surface area contributed by atoms with Crippen molar-refractivity contribution >= 4 is 5.97 Å². The molecule has 0 amide bonds. The van der Waals surface area contributed by atoms with E-state index in [1.54, 1.807) is 0 Å². The Morgan fingerprint density at radius 1 is 1.60 bits per heavy atom. The third kappa shape index (κ3) is 4.29. The number of carboxylic acid groups (broad SMARTS) is 1. The van der Waals surface area contributed by atoms with Crippen LogP contribution in [-0.2, 0) is 9.53 Å². The topological polar surface area (TPSA) is 66.8 Å². The van der Waals surface area contributed by atoms with Crippen LogP contribution in [-0.4, -0.2) is 35.0 Å². The summed E-state index contributed by atoms with van der Waals surface area (Å²) in [6.45, 7) is 3.02. The van der Waals surface area contributed by atoms with Crippen LogP contribution in [0, 0.1) is 0 Å². The van der Waals surface area contributed by atoms with Crippen molar-refractivity contribution in [2.45, 2.75) is 26.1 Å². The molecule has 0 heterocycles. The first-order valence-corrected chi connectivity index (χ1v) is 3.06. The van der Waals surface area contributed by atoms with Crippen LogP contribution < -0.4 is 0 Å². The van der Waals surface area contributed by atoms with Crippen LogP contribution in [0.5, 0.6) is 0 Å². The van der Waals surface area contributed by atoms with Gasteiger partial charge in [0.05, 0.1) is 12.7 Å². The minimum Gasteiger partial charge on any atom is -0.479 e. The Morgan fingerprint density at radius 3 is 2.40 bits per heavy atom. The number of hydrogen-bond donors (Lipinski definition) is 2. The fourth-order valence-corrected chi connectivity index (χ4v) is 0.355. The van der Waals surface area contributed by atoms with E-state index in [-0.39, 0.29) is 6.61 Å². The molecule has 0 fully saturated rings. The molecule has 0 aromatic rings. The molecule has 0 saturated carbocycles. The Morgan fingerprint density at radius 2 is 2.10 bits per heavy atom. The minimum absolute atomic E-state index is 0.0630. The van der Waals surface area contributed by atoms with Crippen LogP contribution in [0.1, 0.15) is 13.8 Å². The van der Waals surface area contributed by atoms with Crippen molar-refractivity contribution in [1.82, 2.24) is 0 Å². The van der Waals surface area contributed by atoms with Gasteiger partial charge in [0.25, 0.3) is 0 Å². The third-order valence-electron chi connectivity index (χ3n) is 0.935. The van der Waals surface area contributed by atoms with E-state index in [0.717, 1.165) is 0 Å². The first kappa shape index (κ1) is 9.39. The second kappa shape index (κ2) is 4.24. The fraction of sp³-hybridized carbons (Fsp3) is 0.833. The van der Waals surface area contributed by atoms with Crippen molar-refractivity contribution < 1.29 is 19.7 Å². The molecule has 0 aliphatic rings. The van der Waals surface area contributed by atoms with Crippen LogP contribution in [0.25, 0.3) is 0 Å². The molecule has 0 bridgehead atoms. The van der Waals surface area contributed by atoms with Gasteiger partial charge in [-0.3, -0.25) is 0 Å². The van der Waals surface area contributed by atoms with Gasteiger partial charge in [0.1, 0.15) is 0 Å². The van der Waals surface area contributed by atoms with E-state index in [1.807, 2.05) is 0 Å². The van der Waals surface area contributed by atoms with Crippen LogP contribution >= 0.6 is 0 Å². The van der Waals surface area contributed by atoms with Gasteiger partial charge in [0, 0.05) is 0 Å². The van der Waals surface area contributed by atoms with Crippen LogP contribution in [0.15, 0.2) is 0 Å². The molecule has 10 heavy (non-hydrogen) atoms. The molecule has 0 aromatic heterocycles. The summed E-state index contributed by atoms with van der Waals surface area (Å²) in [5.74, 6) is -1.01. The van der Waals surface area contributed by atoms with Gasteiger partial charge in [0.2, 0.25) is 0 Å². The summed E-state index contributed by atoms with van der Waals surface area (Å²) in [5.41, 5.74) is 0. The van der Waals surface area contributed by atoms with Gasteiger partial charge in [-0.1, -0.05) is 0 Å². The number of aliphatic carboxylic acids is 1. The number of carbonyl (C=O) groups is 1. The van der Waals surface area contributed by atoms with E-state index in [2.05, 4.69) is 0 Å². The molecule has 0 rings (SSSR count). The molecule has 4 heteroatoms. The maximum Gasteiger partial charge on any atom is 0.332 e. The Hall–Kier alpha value is -0.610. The van der Waals surface area contributed by atoms with E-state index in [4.69, 9.17) is 14.9 Å². The molecule has 60 valence electrons. The zero-order valence-electron chi connectivity index (χ0n) is 6.07. The summed E-state index contributed by atoms with van der Waals surface area (Å²) >= 11 is 0. The van der Waals surface area contributed by atoms with Crippen LogP contribution in [0.4, 0.5) is 0 Å². The average molecular weight is 148 g/mol. The molecule has 0 saturated heterocycles. The lowest BCUT2D eigenvalue weighted by molar-refractivity contribution is -0.150. The maximum atomic E-state index is 10.1. The second-order valence-electron chi connectivity index (χ2n) is 2.16. The highest BCUT2D eigenvalue weighted by Gasteiger charge is 2.11. The predicted octanol–water partition coefficient (Wildman–Crippen LogP) is -0.143. The SMILES string of the molecule is CC(O)COC(C)C(=O)O. The lowest BCUT2D eigenvalue weighted by atomic mass is 10.4. The average Bonchev–Trinajstić information content (AvgIpc) is 1.82. The normalized spacial score (nSPS) is 16.3. The predicted molar refractivity (Wildman–Crippen MR) is 34.7 cm³/mol. The molecule has 0 aliphatic carbocycles. The number of aliphatic hydroxyl groups is 1. The Balaban J connectivity index is 3.40. The van der Waals surface area contributed by atoms with Crippen molar-refractivity contribution in [3.8, 4) is 0 Å². The largest absolute Gasteiger partial charge is 0.479 e. The van der Waals surface area contributed by atoms with E-state index in [9.17, 15) is 4.79 Å². The van der Waals surface area contributed by atoms with Crippen LogP contribution in [0.3, 0.4) is 0 Å². The summed E-state index contributed by atoms with van der Waals surface area (Å²) in [6.07, 6.45) is -1.45. The number of rotatable bonds is 4. The quantitative estimate of drug-likeness (QED) is 0.582. The van der Waals surface area contributed by atoms with Crippen molar-refractivity contribution in [3.05, 3.63) is 0 Å². The first-order valence-electron chi connectivity index (χ1n) is 3.06. The molecule has 4 nitrogen and oxygen atoms in total. The van der Waals surface area contributed by atoms with E-state index < -0.39 is 18.2 Å². The van der Waals surface area contributed by atoms with Crippen molar-refractivity contribution in [2.75, 3.05) is 6.61 Å². The first-order chi connectivity index (χ1) is 4.54. The molecule has 2 N–H and O–H groups in total. The fourth-order valence-electron chi connectivity index (χ4n) is 0.355. The van der Waals surface area contributed by atoms with E-state index in [0.29, 0.717) is 0 Å².